The zero-order valence-corrected chi connectivity index (χ0v) is 6.29. The number of fused-ring (bicyclic) bond motifs is 1. The van der Waals surface area contributed by atoms with Gasteiger partial charge in [0.2, 0.25) is 0 Å². The number of piperidine rings is 1. The Morgan fingerprint density at radius 1 is 1.50 bits per heavy atom. The molecule has 1 saturated carbocycles. The Kier molecular flexibility index (Phi) is 1.31. The van der Waals surface area contributed by atoms with Crippen molar-refractivity contribution in [3.8, 4) is 0 Å². The molecule has 56 valence electrons. The van der Waals surface area contributed by atoms with Gasteiger partial charge in [-0.2, -0.15) is 0 Å². The van der Waals surface area contributed by atoms with E-state index in [0.29, 0.717) is 0 Å². The largest absolute Gasteiger partial charge is 0.302 e. The van der Waals surface area contributed by atoms with Crippen molar-refractivity contribution in [2.75, 3.05) is 13.1 Å². The molecule has 1 heterocycles. The van der Waals surface area contributed by atoms with Crippen molar-refractivity contribution in [2.24, 2.45) is 11.8 Å². The van der Waals surface area contributed by atoms with Crippen molar-refractivity contribution in [2.45, 2.75) is 19.4 Å². The van der Waals surface area contributed by atoms with Crippen LogP contribution in [0.3, 0.4) is 0 Å². The summed E-state index contributed by atoms with van der Waals surface area (Å²) in [6.07, 6.45) is 2.47. The van der Waals surface area contributed by atoms with Crippen LogP contribution in [0.4, 0.5) is 0 Å². The molecule has 10 heavy (non-hydrogen) atoms. The summed E-state index contributed by atoms with van der Waals surface area (Å²) in [7, 11) is 0. The minimum Gasteiger partial charge on any atom is -0.302 e. The maximum atomic E-state index is 10.4. The van der Waals surface area contributed by atoms with Gasteiger partial charge in [-0.1, -0.05) is 0 Å². The molecule has 3 unspecified atom stereocenters. The molecule has 0 aromatic carbocycles. The second-order valence-electron chi connectivity index (χ2n) is 3.59. The molecule has 1 aliphatic heterocycles. The van der Waals surface area contributed by atoms with Crippen molar-refractivity contribution in [3.05, 3.63) is 0 Å². The van der Waals surface area contributed by atoms with Gasteiger partial charge in [-0.3, -0.25) is 4.90 Å². The van der Waals surface area contributed by atoms with E-state index in [1.54, 1.807) is 0 Å². The fourth-order valence-electron chi connectivity index (χ4n) is 1.85. The summed E-state index contributed by atoms with van der Waals surface area (Å²) in [5, 5.41) is 0. The first kappa shape index (κ1) is 6.35. The summed E-state index contributed by atoms with van der Waals surface area (Å²) in [5.74, 6) is 1.89. The van der Waals surface area contributed by atoms with Gasteiger partial charge in [0.1, 0.15) is 6.29 Å². The molecule has 2 nitrogen and oxygen atoms in total. The third-order valence-corrected chi connectivity index (χ3v) is 2.78. The van der Waals surface area contributed by atoms with E-state index in [9.17, 15) is 4.79 Å². The van der Waals surface area contributed by atoms with Gasteiger partial charge in [-0.15, -0.1) is 0 Å². The lowest BCUT2D eigenvalue weighted by atomic mass is 10.3. The summed E-state index contributed by atoms with van der Waals surface area (Å²) < 4.78 is 0. The number of hydrogen-bond acceptors (Lipinski definition) is 2. The van der Waals surface area contributed by atoms with E-state index >= 15 is 0 Å². The van der Waals surface area contributed by atoms with Crippen LogP contribution < -0.4 is 0 Å². The number of hydrogen-bond donors (Lipinski definition) is 0. The molecular weight excluding hydrogens is 126 g/mol. The Morgan fingerprint density at radius 2 is 2.10 bits per heavy atom. The number of aldehydes is 1. The predicted octanol–water partition coefficient (Wildman–Crippen LogP) is 0.526. The zero-order valence-electron chi connectivity index (χ0n) is 6.29. The van der Waals surface area contributed by atoms with Crippen molar-refractivity contribution in [1.82, 2.24) is 4.90 Å². The van der Waals surface area contributed by atoms with Crippen molar-refractivity contribution in [3.63, 3.8) is 0 Å². The molecule has 0 aromatic rings. The average molecular weight is 139 g/mol. The zero-order chi connectivity index (χ0) is 7.14. The molecule has 3 atom stereocenters. The van der Waals surface area contributed by atoms with E-state index in [-0.39, 0.29) is 6.04 Å². The molecule has 1 saturated heterocycles. The van der Waals surface area contributed by atoms with Crippen LogP contribution in [0.15, 0.2) is 0 Å². The highest BCUT2D eigenvalue weighted by molar-refractivity contribution is 5.56. The monoisotopic (exact) mass is 139 g/mol. The minimum atomic E-state index is 0.160. The van der Waals surface area contributed by atoms with Crippen LogP contribution in [0, 0.1) is 11.8 Å². The predicted molar refractivity (Wildman–Crippen MR) is 38.7 cm³/mol. The maximum Gasteiger partial charge on any atom is 0.136 e. The molecule has 2 heteroatoms. The van der Waals surface area contributed by atoms with Crippen LogP contribution in [0.5, 0.6) is 0 Å². The highest BCUT2D eigenvalue weighted by Crippen LogP contribution is 2.45. The lowest BCUT2D eigenvalue weighted by Gasteiger charge is -2.20. The van der Waals surface area contributed by atoms with Gasteiger partial charge in [-0.05, 0) is 25.2 Å². The van der Waals surface area contributed by atoms with Crippen LogP contribution in [-0.2, 0) is 4.79 Å². The summed E-state index contributed by atoms with van der Waals surface area (Å²) in [4.78, 5) is 12.7. The molecule has 2 aliphatic rings. The topological polar surface area (TPSA) is 20.3 Å². The van der Waals surface area contributed by atoms with Gasteiger partial charge in [-0.25, -0.2) is 0 Å². The van der Waals surface area contributed by atoms with Gasteiger partial charge < -0.3 is 4.79 Å². The number of likely N-dealkylation sites (tertiary alicyclic amines) is 1. The highest BCUT2D eigenvalue weighted by atomic mass is 16.1. The van der Waals surface area contributed by atoms with Gasteiger partial charge in [0.15, 0.2) is 0 Å². The Morgan fingerprint density at radius 3 is 2.60 bits per heavy atom. The van der Waals surface area contributed by atoms with Crippen LogP contribution in [0.25, 0.3) is 0 Å². The molecule has 0 bridgehead atoms. The second kappa shape index (κ2) is 2.06. The lowest BCUT2D eigenvalue weighted by molar-refractivity contribution is -0.111. The standard InChI is InChI=1S/C8H13NO/c1-6(5-10)9-3-7-2-8(7)4-9/h5-8H,2-4H2,1H3. The fourth-order valence-corrected chi connectivity index (χ4v) is 1.85. The molecule has 2 fully saturated rings. The molecular formula is C8H13NO. The van der Waals surface area contributed by atoms with Crippen LogP contribution in [0.2, 0.25) is 0 Å². The van der Waals surface area contributed by atoms with Crippen LogP contribution >= 0.6 is 0 Å². The Bertz CT molecular complexity index is 147. The molecule has 0 aromatic heterocycles. The normalized spacial score (nSPS) is 40.9. The molecule has 1 aliphatic carbocycles. The van der Waals surface area contributed by atoms with Gasteiger partial charge in [0.05, 0.1) is 6.04 Å². The van der Waals surface area contributed by atoms with E-state index in [1.807, 2.05) is 6.92 Å². The smallest absolute Gasteiger partial charge is 0.136 e. The highest BCUT2D eigenvalue weighted by Gasteiger charge is 2.45. The first-order valence-corrected chi connectivity index (χ1v) is 4.00. The lowest BCUT2D eigenvalue weighted by Crippen LogP contribution is -2.33. The maximum absolute atomic E-state index is 10.4. The molecule has 2 rings (SSSR count). The van der Waals surface area contributed by atoms with E-state index in [0.717, 1.165) is 18.1 Å². The van der Waals surface area contributed by atoms with Gasteiger partial charge >= 0.3 is 0 Å². The summed E-state index contributed by atoms with van der Waals surface area (Å²) in [5.41, 5.74) is 0. The van der Waals surface area contributed by atoms with Crippen molar-refractivity contribution < 1.29 is 4.79 Å². The molecule has 0 N–H and O–H groups in total. The Hall–Kier alpha value is -0.370. The molecule has 0 amide bonds. The Labute approximate surface area is 61.2 Å². The number of nitrogens with zero attached hydrogens (tertiary/aromatic N) is 1. The first-order valence-electron chi connectivity index (χ1n) is 4.00. The number of rotatable bonds is 2. The van der Waals surface area contributed by atoms with E-state index in [4.69, 9.17) is 0 Å². The van der Waals surface area contributed by atoms with Gasteiger partial charge in [0.25, 0.3) is 0 Å². The van der Waals surface area contributed by atoms with E-state index in [2.05, 4.69) is 4.90 Å². The summed E-state index contributed by atoms with van der Waals surface area (Å²) in [6.45, 7) is 4.33. The Balaban J connectivity index is 1.90. The van der Waals surface area contributed by atoms with Gasteiger partial charge in [0, 0.05) is 13.1 Å². The SMILES string of the molecule is CC(C=O)N1CC2CC2C1. The number of carbonyl (C=O) groups excluding carboxylic acids is 1. The van der Waals surface area contributed by atoms with Crippen LogP contribution in [-0.4, -0.2) is 30.3 Å². The van der Waals surface area contributed by atoms with E-state index in [1.165, 1.54) is 19.5 Å². The quantitative estimate of drug-likeness (QED) is 0.520. The third-order valence-electron chi connectivity index (χ3n) is 2.78. The van der Waals surface area contributed by atoms with Crippen molar-refractivity contribution >= 4 is 6.29 Å². The molecule has 0 radical (unpaired) electrons. The van der Waals surface area contributed by atoms with Crippen LogP contribution in [0.1, 0.15) is 13.3 Å². The minimum absolute atomic E-state index is 0.160. The summed E-state index contributed by atoms with van der Waals surface area (Å²) >= 11 is 0. The average Bonchev–Trinajstić information content (AvgIpc) is 2.57. The van der Waals surface area contributed by atoms with E-state index < -0.39 is 0 Å². The third kappa shape index (κ3) is 0.870. The fraction of sp³-hybridized carbons (Fsp3) is 0.875. The molecule has 0 spiro atoms. The number of carbonyl (C=O) groups is 1. The summed E-state index contributed by atoms with van der Waals surface area (Å²) in [6, 6.07) is 0.160. The van der Waals surface area contributed by atoms with Crippen molar-refractivity contribution in [1.29, 1.82) is 0 Å². The first-order chi connectivity index (χ1) is 4.81. The second-order valence-corrected chi connectivity index (χ2v) is 3.59.